The predicted molar refractivity (Wildman–Crippen MR) is 76.2 cm³/mol. The van der Waals surface area contributed by atoms with E-state index in [4.69, 9.17) is 10.8 Å². The Morgan fingerprint density at radius 2 is 2.06 bits per heavy atom. The summed E-state index contributed by atoms with van der Waals surface area (Å²) in [5.74, 6) is 7.43. The highest BCUT2D eigenvalue weighted by atomic mass is 15.4. The number of hydrogen-bond acceptors (Lipinski definition) is 2. The Kier molecular flexibility index (Phi) is 5.29. The molecule has 0 aromatic rings. The monoisotopic (exact) mass is 252 g/mol. The van der Waals surface area contributed by atoms with Crippen LogP contribution in [0.25, 0.3) is 0 Å². The van der Waals surface area contributed by atoms with Crippen molar-refractivity contribution in [1.29, 1.82) is 0 Å². The summed E-state index contributed by atoms with van der Waals surface area (Å²) in [5.41, 5.74) is 2.83. The van der Waals surface area contributed by atoms with Crippen molar-refractivity contribution in [2.24, 2.45) is 16.8 Å². The molecule has 0 radical (unpaired) electrons. The molecule has 1 saturated heterocycles. The van der Waals surface area contributed by atoms with Crippen LogP contribution in [-0.2, 0) is 0 Å². The van der Waals surface area contributed by atoms with E-state index in [1.165, 1.54) is 51.4 Å². The lowest BCUT2D eigenvalue weighted by Gasteiger charge is -2.24. The minimum atomic E-state index is 0.495. The molecule has 18 heavy (non-hydrogen) atoms. The van der Waals surface area contributed by atoms with Gasteiger partial charge in [-0.2, -0.15) is 0 Å². The smallest absolute Gasteiger partial charge is 0.208 e. The third-order valence-corrected chi connectivity index (χ3v) is 4.29. The molecule has 0 spiro atoms. The topological polar surface area (TPSA) is 53.6 Å². The molecule has 0 aromatic heterocycles. The summed E-state index contributed by atoms with van der Waals surface area (Å²) in [7, 11) is 0. The van der Waals surface area contributed by atoms with E-state index in [-0.39, 0.29) is 0 Å². The van der Waals surface area contributed by atoms with Crippen LogP contribution in [0.5, 0.6) is 0 Å². The van der Waals surface area contributed by atoms with Crippen molar-refractivity contribution in [2.45, 2.75) is 64.3 Å². The summed E-state index contributed by atoms with van der Waals surface area (Å²) >= 11 is 0. The zero-order valence-corrected chi connectivity index (χ0v) is 11.7. The molecular formula is C14H28N4. The molecule has 1 unspecified atom stereocenters. The largest absolute Gasteiger partial charge is 0.342 e. The van der Waals surface area contributed by atoms with Gasteiger partial charge in [0.05, 0.1) is 6.04 Å². The van der Waals surface area contributed by atoms with E-state index >= 15 is 0 Å². The van der Waals surface area contributed by atoms with Crippen LogP contribution in [0.2, 0.25) is 0 Å². The third kappa shape index (κ3) is 3.61. The maximum absolute atomic E-state index is 5.67. The lowest BCUT2D eigenvalue weighted by atomic mass is 9.96. The lowest BCUT2D eigenvalue weighted by molar-refractivity contribution is 0.416. The van der Waals surface area contributed by atoms with E-state index in [1.54, 1.807) is 0 Å². The van der Waals surface area contributed by atoms with Crippen molar-refractivity contribution in [1.82, 2.24) is 10.3 Å². The highest BCUT2D eigenvalue weighted by molar-refractivity contribution is 5.79. The second-order valence-electron chi connectivity index (χ2n) is 5.78. The van der Waals surface area contributed by atoms with Crippen molar-refractivity contribution in [3.63, 3.8) is 0 Å². The number of nitrogens with one attached hydrogen (secondary N) is 1. The van der Waals surface area contributed by atoms with Gasteiger partial charge in [-0.3, -0.25) is 5.43 Å². The summed E-state index contributed by atoms with van der Waals surface area (Å²) in [5, 5.41) is 0. The van der Waals surface area contributed by atoms with Crippen LogP contribution in [0.4, 0.5) is 0 Å². The highest BCUT2D eigenvalue weighted by Crippen LogP contribution is 2.23. The van der Waals surface area contributed by atoms with Crippen LogP contribution in [0, 0.1) is 5.92 Å². The van der Waals surface area contributed by atoms with Crippen LogP contribution in [0.3, 0.4) is 0 Å². The number of guanidine groups is 1. The summed E-state index contributed by atoms with van der Waals surface area (Å²) in [6.45, 7) is 4.50. The lowest BCUT2D eigenvalue weighted by Crippen LogP contribution is -2.44. The number of rotatable bonds is 3. The molecule has 3 N–H and O–H groups in total. The normalized spacial score (nSPS) is 26.7. The van der Waals surface area contributed by atoms with Crippen molar-refractivity contribution >= 4 is 5.96 Å². The molecule has 104 valence electrons. The first kappa shape index (κ1) is 13.7. The van der Waals surface area contributed by atoms with Crippen LogP contribution < -0.4 is 11.3 Å². The first-order chi connectivity index (χ1) is 8.83. The molecule has 1 atom stereocenters. The van der Waals surface area contributed by atoms with Crippen LogP contribution in [0.1, 0.15) is 58.3 Å². The van der Waals surface area contributed by atoms with E-state index in [0.717, 1.165) is 25.0 Å². The fourth-order valence-electron chi connectivity index (χ4n) is 3.26. The maximum Gasteiger partial charge on any atom is 0.208 e. The van der Waals surface area contributed by atoms with Gasteiger partial charge in [0.2, 0.25) is 5.96 Å². The first-order valence-corrected chi connectivity index (χ1v) is 7.62. The Bertz CT molecular complexity index is 271. The van der Waals surface area contributed by atoms with E-state index < -0.39 is 0 Å². The Morgan fingerprint density at radius 3 is 2.72 bits per heavy atom. The zero-order chi connectivity index (χ0) is 12.8. The minimum absolute atomic E-state index is 0.495. The zero-order valence-electron chi connectivity index (χ0n) is 11.7. The number of hydrogen-bond donors (Lipinski definition) is 2. The fourth-order valence-corrected chi connectivity index (χ4v) is 3.26. The van der Waals surface area contributed by atoms with Gasteiger partial charge in [-0.15, -0.1) is 0 Å². The fraction of sp³-hybridized carbons (Fsp3) is 0.929. The molecular weight excluding hydrogens is 224 g/mol. The minimum Gasteiger partial charge on any atom is -0.342 e. The van der Waals surface area contributed by atoms with E-state index in [1.807, 2.05) is 0 Å². The molecule has 2 fully saturated rings. The molecule has 1 aliphatic heterocycles. The molecule has 0 amide bonds. The summed E-state index contributed by atoms with van der Waals surface area (Å²) in [6, 6.07) is 0.495. The number of likely N-dealkylation sites (tertiary alicyclic amines) is 1. The maximum atomic E-state index is 5.67. The standard InChI is InChI=1S/C14H28N4/c1-2-6-12-9-10-18(11-12)14(17-15)16-13-7-4-3-5-8-13/h12-13H,2-11,15H2,1H3,(H,16,17). The van der Waals surface area contributed by atoms with Crippen molar-refractivity contribution in [3.05, 3.63) is 0 Å². The van der Waals surface area contributed by atoms with Crippen molar-refractivity contribution in [2.75, 3.05) is 13.1 Å². The third-order valence-electron chi connectivity index (χ3n) is 4.29. The van der Waals surface area contributed by atoms with Gasteiger partial charge in [-0.25, -0.2) is 10.8 Å². The van der Waals surface area contributed by atoms with Gasteiger partial charge in [0.15, 0.2) is 0 Å². The van der Waals surface area contributed by atoms with E-state index in [0.29, 0.717) is 6.04 Å². The first-order valence-electron chi connectivity index (χ1n) is 7.62. The molecule has 1 aliphatic carbocycles. The van der Waals surface area contributed by atoms with E-state index in [2.05, 4.69) is 17.2 Å². The van der Waals surface area contributed by atoms with Gasteiger partial charge in [-0.1, -0.05) is 32.6 Å². The van der Waals surface area contributed by atoms with Gasteiger partial charge in [0.25, 0.3) is 0 Å². The van der Waals surface area contributed by atoms with Gasteiger partial charge in [0, 0.05) is 13.1 Å². The second kappa shape index (κ2) is 6.98. The Balaban J connectivity index is 1.89. The molecule has 1 saturated carbocycles. The molecule has 0 aromatic carbocycles. The molecule has 1 heterocycles. The molecule has 2 rings (SSSR count). The van der Waals surface area contributed by atoms with Gasteiger partial charge < -0.3 is 4.90 Å². The summed E-state index contributed by atoms with van der Waals surface area (Å²) in [4.78, 5) is 7.18. The van der Waals surface area contributed by atoms with Gasteiger partial charge in [-0.05, 0) is 31.6 Å². The van der Waals surface area contributed by atoms with Crippen molar-refractivity contribution in [3.8, 4) is 0 Å². The highest BCUT2D eigenvalue weighted by Gasteiger charge is 2.25. The average Bonchev–Trinajstić information content (AvgIpc) is 2.86. The molecule has 4 nitrogen and oxygen atoms in total. The van der Waals surface area contributed by atoms with Crippen LogP contribution >= 0.6 is 0 Å². The SMILES string of the molecule is CCCC1CCN(C(=NC2CCCCC2)NN)C1. The Morgan fingerprint density at radius 1 is 1.28 bits per heavy atom. The Labute approximate surface area is 111 Å². The molecule has 2 aliphatic rings. The second-order valence-corrected chi connectivity index (χ2v) is 5.78. The quantitative estimate of drug-likeness (QED) is 0.350. The number of aliphatic imine (C=N–C) groups is 1. The number of nitrogens with two attached hydrogens (primary N) is 1. The summed E-state index contributed by atoms with van der Waals surface area (Å²) < 4.78 is 0. The van der Waals surface area contributed by atoms with E-state index in [9.17, 15) is 0 Å². The molecule has 0 bridgehead atoms. The van der Waals surface area contributed by atoms with Crippen LogP contribution in [0.15, 0.2) is 4.99 Å². The molecule has 4 heteroatoms. The Hall–Kier alpha value is -0.770. The van der Waals surface area contributed by atoms with Gasteiger partial charge in [0.1, 0.15) is 0 Å². The average molecular weight is 252 g/mol. The summed E-state index contributed by atoms with van der Waals surface area (Å²) in [6.07, 6.45) is 10.4. The number of nitrogens with zero attached hydrogens (tertiary/aromatic N) is 2. The predicted octanol–water partition coefficient (Wildman–Crippen LogP) is 2.26. The van der Waals surface area contributed by atoms with Crippen LogP contribution in [-0.4, -0.2) is 30.0 Å². The number of hydrazine groups is 1. The van der Waals surface area contributed by atoms with Crippen molar-refractivity contribution < 1.29 is 0 Å². The van der Waals surface area contributed by atoms with Gasteiger partial charge >= 0.3 is 0 Å².